The van der Waals surface area contributed by atoms with Crippen LogP contribution in [0.3, 0.4) is 0 Å². The number of nitrogens with zero attached hydrogens (tertiary/aromatic N) is 1. The van der Waals surface area contributed by atoms with Crippen molar-refractivity contribution >= 4 is 57.8 Å². The number of rotatable bonds is 6. The summed E-state index contributed by atoms with van der Waals surface area (Å²) in [6.45, 7) is 2.34. The number of ether oxygens (including phenoxy) is 2. The summed E-state index contributed by atoms with van der Waals surface area (Å²) in [5, 5.41) is 1.58. The third kappa shape index (κ3) is 4.90. The summed E-state index contributed by atoms with van der Waals surface area (Å²) in [5.74, 6) is 0.346. The molecule has 0 saturated carbocycles. The van der Waals surface area contributed by atoms with E-state index >= 15 is 0 Å². The van der Waals surface area contributed by atoms with Crippen LogP contribution in [-0.4, -0.2) is 34.9 Å². The third-order valence-electron chi connectivity index (χ3n) is 3.92. The van der Waals surface area contributed by atoms with Crippen molar-refractivity contribution in [1.29, 1.82) is 0 Å². The van der Waals surface area contributed by atoms with E-state index in [0.717, 1.165) is 16.8 Å². The SMILES string of the molecule is CCOc1ccc(Cl)cc1C=C1SC(=S)N(NC(=O)c2ccc(OC)cc2)C1=O. The molecule has 29 heavy (non-hydrogen) atoms. The van der Waals surface area contributed by atoms with E-state index in [-0.39, 0.29) is 4.32 Å². The first-order valence-electron chi connectivity index (χ1n) is 8.58. The van der Waals surface area contributed by atoms with E-state index in [0.29, 0.717) is 39.2 Å². The molecule has 2 aromatic rings. The van der Waals surface area contributed by atoms with Gasteiger partial charge in [0.2, 0.25) is 0 Å². The zero-order chi connectivity index (χ0) is 21.0. The number of benzene rings is 2. The molecule has 1 heterocycles. The highest BCUT2D eigenvalue weighted by Gasteiger charge is 2.34. The van der Waals surface area contributed by atoms with Crippen LogP contribution in [0.2, 0.25) is 5.02 Å². The van der Waals surface area contributed by atoms with Crippen molar-refractivity contribution in [3.8, 4) is 11.5 Å². The van der Waals surface area contributed by atoms with Gasteiger partial charge in [0.05, 0.1) is 18.6 Å². The molecule has 1 aliphatic heterocycles. The van der Waals surface area contributed by atoms with Crippen LogP contribution in [0.25, 0.3) is 6.08 Å². The molecule has 9 heteroatoms. The largest absolute Gasteiger partial charge is 0.497 e. The Morgan fingerprint density at radius 3 is 2.66 bits per heavy atom. The van der Waals surface area contributed by atoms with Crippen molar-refractivity contribution in [2.24, 2.45) is 0 Å². The number of halogens is 1. The lowest BCUT2D eigenvalue weighted by Crippen LogP contribution is -2.44. The predicted octanol–water partition coefficient (Wildman–Crippen LogP) is 4.29. The summed E-state index contributed by atoms with van der Waals surface area (Å²) in [5.41, 5.74) is 3.57. The number of carbonyl (C=O) groups excluding carboxylic acids is 2. The van der Waals surface area contributed by atoms with Crippen molar-refractivity contribution in [2.75, 3.05) is 13.7 Å². The molecule has 0 bridgehead atoms. The fourth-order valence-electron chi connectivity index (χ4n) is 2.53. The molecule has 6 nitrogen and oxygen atoms in total. The minimum absolute atomic E-state index is 0.225. The van der Waals surface area contributed by atoms with E-state index < -0.39 is 11.8 Å². The van der Waals surface area contributed by atoms with Gasteiger partial charge in [0.25, 0.3) is 11.8 Å². The molecule has 0 radical (unpaired) electrons. The average molecular weight is 449 g/mol. The third-order valence-corrected chi connectivity index (χ3v) is 5.45. The van der Waals surface area contributed by atoms with Gasteiger partial charge in [0, 0.05) is 16.1 Å². The van der Waals surface area contributed by atoms with Crippen LogP contribution < -0.4 is 14.9 Å². The van der Waals surface area contributed by atoms with Crippen LogP contribution in [0, 0.1) is 0 Å². The molecular weight excluding hydrogens is 432 g/mol. The standard InChI is InChI=1S/C20H17ClN2O4S2/c1-3-27-16-9-6-14(21)10-13(16)11-17-19(25)23(20(28)29-17)22-18(24)12-4-7-15(26-2)8-5-12/h4-11H,3H2,1-2H3,(H,22,24). The molecular formula is C20H17ClN2O4S2. The van der Waals surface area contributed by atoms with Gasteiger partial charge in [-0.3, -0.25) is 15.0 Å². The van der Waals surface area contributed by atoms with Gasteiger partial charge in [0.1, 0.15) is 11.5 Å². The van der Waals surface area contributed by atoms with E-state index in [1.165, 1.54) is 0 Å². The maximum Gasteiger partial charge on any atom is 0.285 e. The van der Waals surface area contributed by atoms with Gasteiger partial charge < -0.3 is 9.47 Å². The zero-order valence-corrected chi connectivity index (χ0v) is 18.0. The highest BCUT2D eigenvalue weighted by atomic mass is 35.5. The monoisotopic (exact) mass is 448 g/mol. The molecule has 0 atom stereocenters. The van der Waals surface area contributed by atoms with Gasteiger partial charge in [-0.1, -0.05) is 23.4 Å². The van der Waals surface area contributed by atoms with E-state index in [9.17, 15) is 9.59 Å². The highest BCUT2D eigenvalue weighted by Crippen LogP contribution is 2.34. The molecule has 1 saturated heterocycles. The number of nitrogens with one attached hydrogen (secondary N) is 1. The number of hydrogen-bond acceptors (Lipinski definition) is 6. The Kier molecular flexibility index (Phi) is 6.79. The molecule has 0 spiro atoms. The van der Waals surface area contributed by atoms with E-state index in [4.69, 9.17) is 33.3 Å². The molecule has 2 aromatic carbocycles. The smallest absolute Gasteiger partial charge is 0.285 e. The van der Waals surface area contributed by atoms with Crippen molar-refractivity contribution < 1.29 is 19.1 Å². The van der Waals surface area contributed by atoms with Crippen LogP contribution in [-0.2, 0) is 4.79 Å². The van der Waals surface area contributed by atoms with Gasteiger partial charge >= 0.3 is 0 Å². The summed E-state index contributed by atoms with van der Waals surface area (Å²) in [6, 6.07) is 11.7. The van der Waals surface area contributed by atoms with Crippen molar-refractivity contribution in [2.45, 2.75) is 6.92 Å². The van der Waals surface area contributed by atoms with Crippen LogP contribution in [0.1, 0.15) is 22.8 Å². The Labute approximate surface area is 182 Å². The number of thiocarbonyl (C=S) groups is 1. The minimum atomic E-state index is -0.456. The van der Waals surface area contributed by atoms with Crippen molar-refractivity contribution in [3.05, 3.63) is 63.5 Å². The first-order valence-corrected chi connectivity index (χ1v) is 10.2. The molecule has 1 fully saturated rings. The van der Waals surface area contributed by atoms with Gasteiger partial charge in [0.15, 0.2) is 4.32 Å². The Morgan fingerprint density at radius 2 is 2.00 bits per heavy atom. The summed E-state index contributed by atoms with van der Waals surface area (Å²) in [4.78, 5) is 25.6. The molecule has 1 aliphatic rings. The second-order valence-electron chi connectivity index (χ2n) is 5.80. The van der Waals surface area contributed by atoms with Crippen LogP contribution in [0.5, 0.6) is 11.5 Å². The van der Waals surface area contributed by atoms with Crippen LogP contribution in [0.4, 0.5) is 0 Å². The average Bonchev–Trinajstić information content (AvgIpc) is 2.97. The van der Waals surface area contributed by atoms with Crippen molar-refractivity contribution in [3.63, 3.8) is 0 Å². The normalized spacial score (nSPS) is 15.0. The fourth-order valence-corrected chi connectivity index (χ4v) is 3.88. The number of thioether (sulfide) groups is 1. The van der Waals surface area contributed by atoms with Gasteiger partial charge in [-0.25, -0.2) is 0 Å². The second-order valence-corrected chi connectivity index (χ2v) is 7.91. The molecule has 1 N–H and O–H groups in total. The van der Waals surface area contributed by atoms with Crippen LogP contribution >= 0.6 is 35.6 Å². The maximum atomic E-state index is 12.8. The number of methoxy groups -OCH3 is 1. The molecule has 3 rings (SSSR count). The summed E-state index contributed by atoms with van der Waals surface area (Å²) >= 11 is 12.4. The Balaban J connectivity index is 1.80. The Hall–Kier alpha value is -2.55. The van der Waals surface area contributed by atoms with Gasteiger partial charge in [-0.05, 0) is 67.7 Å². The van der Waals surface area contributed by atoms with E-state index in [1.54, 1.807) is 55.7 Å². The molecule has 0 unspecified atom stereocenters. The molecule has 0 aromatic heterocycles. The van der Waals surface area contributed by atoms with Crippen molar-refractivity contribution in [1.82, 2.24) is 10.4 Å². The zero-order valence-electron chi connectivity index (χ0n) is 15.6. The highest BCUT2D eigenvalue weighted by molar-refractivity contribution is 8.26. The van der Waals surface area contributed by atoms with Gasteiger partial charge in [-0.15, -0.1) is 0 Å². The Morgan fingerprint density at radius 1 is 1.28 bits per heavy atom. The second kappa shape index (κ2) is 9.30. The molecule has 0 aliphatic carbocycles. The van der Waals surface area contributed by atoms with Gasteiger partial charge in [-0.2, -0.15) is 5.01 Å². The maximum absolute atomic E-state index is 12.8. The lowest BCUT2D eigenvalue weighted by molar-refractivity contribution is -0.123. The summed E-state index contributed by atoms with van der Waals surface area (Å²) in [6.07, 6.45) is 1.65. The first-order chi connectivity index (χ1) is 13.9. The van der Waals surface area contributed by atoms with E-state index in [2.05, 4.69) is 5.43 Å². The molecule has 150 valence electrons. The number of amides is 2. The summed E-state index contributed by atoms with van der Waals surface area (Å²) in [7, 11) is 1.54. The quantitative estimate of drug-likeness (QED) is 0.525. The number of hydrogen-bond donors (Lipinski definition) is 1. The lowest BCUT2D eigenvalue weighted by Gasteiger charge is -2.15. The molecule has 2 amide bonds. The lowest BCUT2D eigenvalue weighted by atomic mass is 10.2. The number of carbonyl (C=O) groups is 2. The first kappa shape index (κ1) is 21.2. The van der Waals surface area contributed by atoms with E-state index in [1.807, 2.05) is 6.92 Å². The minimum Gasteiger partial charge on any atom is -0.497 e. The topological polar surface area (TPSA) is 67.9 Å². The Bertz CT molecular complexity index is 992. The predicted molar refractivity (Wildman–Crippen MR) is 118 cm³/mol. The van der Waals surface area contributed by atoms with Crippen LogP contribution in [0.15, 0.2) is 47.4 Å². The summed E-state index contributed by atoms with van der Waals surface area (Å²) < 4.78 is 10.9. The fraction of sp³-hybridized carbons (Fsp3) is 0.150. The number of hydrazine groups is 1.